The summed E-state index contributed by atoms with van der Waals surface area (Å²) in [4.78, 5) is 1.79. The Bertz CT molecular complexity index is 68.6. The summed E-state index contributed by atoms with van der Waals surface area (Å²) in [5.41, 5.74) is 0. The lowest BCUT2D eigenvalue weighted by Gasteiger charge is -2.17. The number of hydrogen-bond acceptors (Lipinski definition) is 4. The maximum absolute atomic E-state index is 8.48. The van der Waals surface area contributed by atoms with Gasteiger partial charge in [0.2, 0.25) is 0 Å². The molecule has 0 bridgehead atoms. The monoisotopic (exact) mass is 221 g/mol. The Labute approximate surface area is 86.5 Å². The van der Waals surface area contributed by atoms with Crippen molar-refractivity contribution in [2.45, 2.75) is 0 Å². The summed E-state index contributed by atoms with van der Waals surface area (Å²) in [7, 11) is 0. The lowest BCUT2D eigenvalue weighted by Crippen LogP contribution is -3.00. The second-order valence-corrected chi connectivity index (χ2v) is 2.01. The van der Waals surface area contributed by atoms with E-state index in [-0.39, 0.29) is 46.1 Å². The first-order valence-electron chi connectivity index (χ1n) is 3.40. The highest BCUT2D eigenvalue weighted by atomic mass is 35.5. The molecule has 0 aromatic rings. The number of hydrogen-bond donors (Lipinski definition) is 3. The summed E-state index contributed by atoms with van der Waals surface area (Å²) in [6, 6.07) is 0. The number of halogens is 2. The fourth-order valence-corrected chi connectivity index (χ4v) is 0.760. The normalized spacial score (nSPS) is 9.00. The summed E-state index contributed by atoms with van der Waals surface area (Å²) >= 11 is 0. The molecule has 0 unspecified atom stereocenters. The molecule has 0 aliphatic rings. The van der Waals surface area contributed by atoms with Crippen LogP contribution in [0, 0.1) is 0 Å². The van der Waals surface area contributed by atoms with Crippen molar-refractivity contribution < 1.29 is 29.2 Å². The number of aliphatic hydroxyl groups excluding tert-OH is 3. The van der Waals surface area contributed by atoms with Crippen molar-refractivity contribution in [3.63, 3.8) is 0 Å². The first-order chi connectivity index (χ1) is 4.85. The lowest BCUT2D eigenvalue weighted by atomic mass is 10.4. The van der Waals surface area contributed by atoms with Gasteiger partial charge in [0.15, 0.2) is 0 Å². The molecule has 0 aliphatic carbocycles. The standard InChI is InChI=1S/C6H15NO3.2ClH/c8-4-1-7(2-5-9)3-6-10;;/h8-10H,1-6H2;2*1H. The van der Waals surface area contributed by atoms with Crippen molar-refractivity contribution in [1.82, 2.24) is 4.90 Å². The SMILES string of the molecule is Cl.OCCN(CCO)CCO.[Cl-].[H+]. The Morgan fingerprint density at radius 3 is 1.25 bits per heavy atom. The molecule has 0 atom stereocenters. The van der Waals surface area contributed by atoms with Crippen molar-refractivity contribution >= 4 is 12.4 Å². The van der Waals surface area contributed by atoms with Crippen LogP contribution in [0.15, 0.2) is 0 Å². The van der Waals surface area contributed by atoms with E-state index < -0.39 is 0 Å². The number of rotatable bonds is 6. The smallest absolute Gasteiger partial charge is 1.00 e. The van der Waals surface area contributed by atoms with Crippen molar-refractivity contribution in [2.75, 3.05) is 39.5 Å². The van der Waals surface area contributed by atoms with Gasteiger partial charge in [-0.3, -0.25) is 4.90 Å². The van der Waals surface area contributed by atoms with Crippen LogP contribution < -0.4 is 12.4 Å². The fraction of sp³-hybridized carbons (Fsp3) is 1.00. The molecule has 78 valence electrons. The van der Waals surface area contributed by atoms with E-state index in [1.54, 1.807) is 4.90 Å². The van der Waals surface area contributed by atoms with E-state index in [9.17, 15) is 0 Å². The minimum Gasteiger partial charge on any atom is -1.00 e. The Kier molecular flexibility index (Phi) is 21.3. The van der Waals surface area contributed by atoms with Crippen LogP contribution in [0.5, 0.6) is 0 Å². The molecule has 0 fully saturated rings. The highest BCUT2D eigenvalue weighted by molar-refractivity contribution is 5.85. The van der Waals surface area contributed by atoms with Crippen LogP contribution >= 0.6 is 12.4 Å². The zero-order valence-corrected chi connectivity index (χ0v) is 8.39. The maximum atomic E-state index is 8.48. The molecule has 0 radical (unpaired) electrons. The molecule has 0 aliphatic heterocycles. The quantitative estimate of drug-likeness (QED) is 0.426. The topological polar surface area (TPSA) is 63.9 Å². The van der Waals surface area contributed by atoms with Gasteiger partial charge >= 0.3 is 1.43 Å². The molecule has 0 spiro atoms. The van der Waals surface area contributed by atoms with Crippen LogP contribution in [0.3, 0.4) is 0 Å². The largest absolute Gasteiger partial charge is 1.00 e. The van der Waals surface area contributed by atoms with Gasteiger partial charge in [-0.15, -0.1) is 12.4 Å². The van der Waals surface area contributed by atoms with Crippen LogP contribution in [0.4, 0.5) is 0 Å². The lowest BCUT2D eigenvalue weighted by molar-refractivity contribution is -0.00000665. The van der Waals surface area contributed by atoms with E-state index >= 15 is 0 Å². The molecular weight excluding hydrogens is 205 g/mol. The fourth-order valence-electron chi connectivity index (χ4n) is 0.760. The van der Waals surface area contributed by atoms with Gasteiger partial charge in [0, 0.05) is 19.6 Å². The van der Waals surface area contributed by atoms with E-state index in [2.05, 4.69) is 0 Å². The minimum absolute atomic E-state index is 0. The molecule has 0 saturated carbocycles. The summed E-state index contributed by atoms with van der Waals surface area (Å²) in [6.45, 7) is 1.75. The van der Waals surface area contributed by atoms with E-state index in [0.29, 0.717) is 19.6 Å². The molecule has 0 amide bonds. The summed E-state index contributed by atoms with van der Waals surface area (Å²) in [5.74, 6) is 0. The van der Waals surface area contributed by atoms with Crippen molar-refractivity contribution in [3.05, 3.63) is 0 Å². The van der Waals surface area contributed by atoms with Gasteiger partial charge in [-0.25, -0.2) is 0 Å². The first kappa shape index (κ1) is 18.3. The summed E-state index contributed by atoms with van der Waals surface area (Å²) in [6.07, 6.45) is 0. The second kappa shape index (κ2) is 14.0. The van der Waals surface area contributed by atoms with Crippen LogP contribution in [-0.4, -0.2) is 59.7 Å². The van der Waals surface area contributed by atoms with Gasteiger partial charge in [-0.05, 0) is 0 Å². The predicted molar refractivity (Wildman–Crippen MR) is 46.1 cm³/mol. The Morgan fingerprint density at radius 1 is 0.833 bits per heavy atom. The Morgan fingerprint density at radius 2 is 1.08 bits per heavy atom. The highest BCUT2D eigenvalue weighted by Crippen LogP contribution is 1.84. The second-order valence-electron chi connectivity index (χ2n) is 2.01. The summed E-state index contributed by atoms with van der Waals surface area (Å²) in [5, 5.41) is 25.5. The molecule has 3 N–H and O–H groups in total. The maximum Gasteiger partial charge on any atom is 1.00 e. The molecule has 0 aromatic carbocycles. The third-order valence-electron chi connectivity index (χ3n) is 1.25. The third kappa shape index (κ3) is 10.4. The molecule has 0 saturated heterocycles. The highest BCUT2D eigenvalue weighted by Gasteiger charge is 2.00. The third-order valence-corrected chi connectivity index (χ3v) is 1.25. The molecule has 0 rings (SSSR count). The van der Waals surface area contributed by atoms with Gasteiger partial charge in [-0.2, -0.15) is 0 Å². The molecule has 6 heteroatoms. The summed E-state index contributed by atoms with van der Waals surface area (Å²) < 4.78 is 0. The molecule has 4 nitrogen and oxygen atoms in total. The first-order valence-corrected chi connectivity index (χ1v) is 3.40. The molecule has 0 aromatic heterocycles. The van der Waals surface area contributed by atoms with Crippen molar-refractivity contribution in [3.8, 4) is 0 Å². The van der Waals surface area contributed by atoms with Gasteiger partial charge in [0.1, 0.15) is 0 Å². The molecule has 0 heterocycles. The number of nitrogens with zero attached hydrogens (tertiary/aromatic N) is 1. The van der Waals surface area contributed by atoms with Crippen molar-refractivity contribution in [1.29, 1.82) is 0 Å². The molecule has 12 heavy (non-hydrogen) atoms. The van der Waals surface area contributed by atoms with E-state index in [0.717, 1.165) is 0 Å². The van der Waals surface area contributed by atoms with Crippen molar-refractivity contribution in [2.24, 2.45) is 0 Å². The predicted octanol–water partition coefficient (Wildman–Crippen LogP) is -4.20. The van der Waals surface area contributed by atoms with Gasteiger partial charge in [0.05, 0.1) is 19.8 Å². The number of aliphatic hydroxyl groups is 3. The van der Waals surface area contributed by atoms with Crippen LogP contribution in [0.25, 0.3) is 0 Å². The minimum atomic E-state index is 0. The van der Waals surface area contributed by atoms with Crippen LogP contribution in [0.1, 0.15) is 1.43 Å². The Balaban J connectivity index is -0.000000135. The van der Waals surface area contributed by atoms with E-state index in [4.69, 9.17) is 15.3 Å². The Hall–Kier alpha value is 0.420. The van der Waals surface area contributed by atoms with Crippen LogP contribution in [-0.2, 0) is 0 Å². The van der Waals surface area contributed by atoms with E-state index in [1.807, 2.05) is 0 Å². The molecular formula is C6H17Cl2NO3. The van der Waals surface area contributed by atoms with E-state index in [1.165, 1.54) is 0 Å². The van der Waals surface area contributed by atoms with Gasteiger partial charge in [-0.1, -0.05) is 0 Å². The zero-order valence-electron chi connectivity index (χ0n) is 7.82. The van der Waals surface area contributed by atoms with Gasteiger partial charge in [0.25, 0.3) is 0 Å². The average molecular weight is 222 g/mol. The van der Waals surface area contributed by atoms with Crippen LogP contribution in [0.2, 0.25) is 0 Å². The zero-order chi connectivity index (χ0) is 7.82. The average Bonchev–Trinajstić information content (AvgIpc) is 1.90. The van der Waals surface area contributed by atoms with Gasteiger partial charge < -0.3 is 27.7 Å².